The van der Waals surface area contributed by atoms with E-state index in [0.717, 1.165) is 10.5 Å². The summed E-state index contributed by atoms with van der Waals surface area (Å²) in [5, 5.41) is 19.8. The molecule has 2 amide bonds. The summed E-state index contributed by atoms with van der Waals surface area (Å²) in [6, 6.07) is 11.5. The Hall–Kier alpha value is -2.83. The zero-order valence-corrected chi connectivity index (χ0v) is 19.8. The van der Waals surface area contributed by atoms with E-state index in [1.807, 2.05) is 0 Å². The van der Waals surface area contributed by atoms with Gasteiger partial charge in [0.15, 0.2) is 11.9 Å². The highest BCUT2D eigenvalue weighted by molar-refractivity contribution is 9.10. The van der Waals surface area contributed by atoms with Crippen molar-refractivity contribution in [2.75, 3.05) is 24.5 Å². The van der Waals surface area contributed by atoms with E-state index >= 15 is 0 Å². The van der Waals surface area contributed by atoms with Crippen LogP contribution in [-0.4, -0.2) is 47.7 Å². The van der Waals surface area contributed by atoms with Gasteiger partial charge in [0, 0.05) is 18.1 Å². The molecule has 0 spiro atoms. The van der Waals surface area contributed by atoms with Gasteiger partial charge in [0.2, 0.25) is 0 Å². The molecule has 0 bridgehead atoms. The first-order chi connectivity index (χ1) is 15.7. The number of nitriles is 1. The third-order valence-corrected chi connectivity index (χ3v) is 6.93. The Bertz CT molecular complexity index is 1130. The number of carbonyl (C=O) groups is 2. The molecule has 10 heteroatoms. The molecule has 1 atom stereocenters. The number of hydrogen-bond donors (Lipinski definition) is 1. The zero-order chi connectivity index (χ0) is 23.8. The van der Waals surface area contributed by atoms with E-state index in [9.17, 15) is 24.3 Å². The van der Waals surface area contributed by atoms with E-state index in [1.165, 1.54) is 18.2 Å². The van der Waals surface area contributed by atoms with E-state index in [0.29, 0.717) is 41.8 Å². The minimum absolute atomic E-state index is 0.163. The molecule has 2 aliphatic rings. The van der Waals surface area contributed by atoms with Crippen LogP contribution in [0, 0.1) is 22.6 Å². The van der Waals surface area contributed by atoms with Gasteiger partial charge in [-0.1, -0.05) is 23.7 Å². The Morgan fingerprint density at radius 1 is 1.27 bits per heavy atom. The Labute approximate surface area is 203 Å². The zero-order valence-electron chi connectivity index (χ0n) is 17.4. The fraction of sp³-hybridized carbons (Fsp3) is 0.348. The van der Waals surface area contributed by atoms with Crippen molar-refractivity contribution < 1.29 is 23.8 Å². The molecule has 2 aromatic rings. The van der Waals surface area contributed by atoms with Crippen molar-refractivity contribution in [2.45, 2.75) is 25.4 Å². The molecule has 2 heterocycles. The first-order valence-electron chi connectivity index (χ1n) is 10.3. The van der Waals surface area contributed by atoms with E-state index in [-0.39, 0.29) is 29.7 Å². The molecule has 1 fully saturated rings. The number of hydrogen-bond acceptors (Lipinski definition) is 4. The van der Waals surface area contributed by atoms with Gasteiger partial charge in [0.1, 0.15) is 5.82 Å². The maximum absolute atomic E-state index is 13.2. The lowest BCUT2D eigenvalue weighted by atomic mass is 9.75. The van der Waals surface area contributed by atoms with Crippen LogP contribution in [0.5, 0.6) is 5.75 Å². The molecule has 1 N–H and O–H groups in total. The fourth-order valence-electron chi connectivity index (χ4n) is 4.30. The predicted molar refractivity (Wildman–Crippen MR) is 123 cm³/mol. The number of amides is 2. The summed E-state index contributed by atoms with van der Waals surface area (Å²) in [7, 11) is 0. The van der Waals surface area contributed by atoms with Crippen molar-refractivity contribution in [3.05, 3.63) is 57.3 Å². The van der Waals surface area contributed by atoms with Crippen LogP contribution in [0.3, 0.4) is 0 Å². The number of nitrogens with zero attached hydrogens (tertiary/aromatic N) is 3. The van der Waals surface area contributed by atoms with Gasteiger partial charge >= 0.3 is 6.09 Å². The largest absolute Gasteiger partial charge is 0.475 e. The van der Waals surface area contributed by atoms with Crippen LogP contribution in [-0.2, 0) is 11.2 Å². The second kappa shape index (κ2) is 9.20. The highest BCUT2D eigenvalue weighted by Crippen LogP contribution is 2.42. The molecule has 0 radical (unpaired) electrons. The number of likely N-dealkylation sites (tertiary alicyclic amines) is 1. The number of rotatable bonds is 3. The van der Waals surface area contributed by atoms with E-state index in [2.05, 4.69) is 22.0 Å². The first kappa shape index (κ1) is 23.3. The average molecular weight is 537 g/mol. The molecular weight excluding hydrogens is 517 g/mol. The van der Waals surface area contributed by atoms with Crippen molar-refractivity contribution in [1.82, 2.24) is 4.90 Å². The van der Waals surface area contributed by atoms with Gasteiger partial charge in [0.25, 0.3) is 5.91 Å². The highest BCUT2D eigenvalue weighted by atomic mass is 79.9. The monoisotopic (exact) mass is 535 g/mol. The Morgan fingerprint density at radius 3 is 2.55 bits per heavy atom. The van der Waals surface area contributed by atoms with E-state index in [1.54, 1.807) is 23.1 Å². The molecule has 1 saturated heterocycles. The molecule has 172 valence electrons. The van der Waals surface area contributed by atoms with Crippen molar-refractivity contribution in [1.29, 1.82) is 5.26 Å². The molecule has 0 aliphatic carbocycles. The molecule has 4 rings (SSSR count). The van der Waals surface area contributed by atoms with Crippen LogP contribution < -0.4 is 9.64 Å². The summed E-state index contributed by atoms with van der Waals surface area (Å²) in [5.41, 5.74) is 0.486. The van der Waals surface area contributed by atoms with Crippen molar-refractivity contribution in [3.63, 3.8) is 0 Å². The molecule has 0 aromatic heterocycles. The molecule has 33 heavy (non-hydrogen) atoms. The third-order valence-electron chi connectivity index (χ3n) is 6.12. The first-order valence-corrected chi connectivity index (χ1v) is 11.5. The Balaban J connectivity index is 1.47. The molecule has 7 nitrogen and oxygen atoms in total. The van der Waals surface area contributed by atoms with Crippen LogP contribution in [0.2, 0.25) is 5.02 Å². The van der Waals surface area contributed by atoms with Crippen LogP contribution in [0.1, 0.15) is 18.4 Å². The number of ether oxygens (including phenoxy) is 1. The van der Waals surface area contributed by atoms with Crippen LogP contribution in [0.25, 0.3) is 0 Å². The molecular formula is C23H20BrClFN3O4. The maximum Gasteiger partial charge on any atom is 0.412 e. The lowest BCUT2D eigenvalue weighted by molar-refractivity contribution is -0.140. The van der Waals surface area contributed by atoms with Gasteiger partial charge in [-0.2, -0.15) is 5.26 Å². The van der Waals surface area contributed by atoms with Crippen molar-refractivity contribution in [3.8, 4) is 11.8 Å². The Morgan fingerprint density at radius 2 is 1.94 bits per heavy atom. The van der Waals surface area contributed by atoms with Crippen molar-refractivity contribution >= 4 is 45.2 Å². The SMILES string of the molecule is N#CC1(Cc2ccc(F)cc2)CCN(C(=O)C2CN(C(=O)O)c3cc(Cl)cc(Br)c3O2)CC1. The van der Waals surface area contributed by atoms with E-state index < -0.39 is 17.6 Å². The molecule has 2 aliphatic heterocycles. The maximum atomic E-state index is 13.2. The summed E-state index contributed by atoms with van der Waals surface area (Å²) in [6.45, 7) is 0.522. The summed E-state index contributed by atoms with van der Waals surface area (Å²) in [5.74, 6) is -0.420. The number of carbonyl (C=O) groups excluding carboxylic acids is 1. The van der Waals surface area contributed by atoms with Gasteiger partial charge < -0.3 is 14.7 Å². The average Bonchev–Trinajstić information content (AvgIpc) is 2.80. The van der Waals surface area contributed by atoms with Gasteiger partial charge in [-0.3, -0.25) is 9.69 Å². The summed E-state index contributed by atoms with van der Waals surface area (Å²) in [6.07, 6.45) is -0.847. The molecule has 2 aromatic carbocycles. The van der Waals surface area contributed by atoms with Crippen molar-refractivity contribution in [2.24, 2.45) is 5.41 Å². The minimum Gasteiger partial charge on any atom is -0.475 e. The minimum atomic E-state index is -1.21. The lowest BCUT2D eigenvalue weighted by Gasteiger charge is -2.40. The fourth-order valence-corrected chi connectivity index (χ4v) is 5.18. The quantitative estimate of drug-likeness (QED) is 0.605. The summed E-state index contributed by atoms with van der Waals surface area (Å²) >= 11 is 9.38. The standard InChI is InChI=1S/C23H20BrClFN3O4/c24-17-9-15(25)10-18-20(17)33-19(12-29(18)22(31)32)21(30)28-7-5-23(13-27,6-8-28)11-14-1-3-16(26)4-2-14/h1-4,9-10,19H,5-8,11-12H2,(H,31,32). The predicted octanol–water partition coefficient (Wildman–Crippen LogP) is 4.86. The van der Waals surface area contributed by atoms with Crippen LogP contribution in [0.15, 0.2) is 40.9 Å². The smallest absolute Gasteiger partial charge is 0.412 e. The molecule has 0 saturated carbocycles. The van der Waals surface area contributed by atoms with Gasteiger partial charge in [-0.05, 0) is 65.0 Å². The number of halogens is 3. The topological polar surface area (TPSA) is 93.9 Å². The van der Waals surface area contributed by atoms with Crippen LogP contribution >= 0.6 is 27.5 Å². The van der Waals surface area contributed by atoms with Gasteiger partial charge in [-0.25, -0.2) is 9.18 Å². The highest BCUT2D eigenvalue weighted by Gasteiger charge is 2.41. The number of piperidine rings is 1. The number of fused-ring (bicyclic) bond motifs is 1. The van der Waals surface area contributed by atoms with E-state index in [4.69, 9.17) is 16.3 Å². The number of anilines is 1. The summed E-state index contributed by atoms with van der Waals surface area (Å²) < 4.78 is 19.6. The van der Waals surface area contributed by atoms with Gasteiger partial charge in [0.05, 0.1) is 28.2 Å². The second-order valence-electron chi connectivity index (χ2n) is 8.26. The summed E-state index contributed by atoms with van der Waals surface area (Å²) in [4.78, 5) is 27.7. The lowest BCUT2D eigenvalue weighted by Crippen LogP contribution is -2.54. The number of carboxylic acid groups (broad SMARTS) is 1. The Kier molecular flexibility index (Phi) is 6.50. The number of benzene rings is 2. The van der Waals surface area contributed by atoms with Gasteiger partial charge in [-0.15, -0.1) is 0 Å². The molecule has 1 unspecified atom stereocenters. The van der Waals surface area contributed by atoms with Crippen LogP contribution in [0.4, 0.5) is 14.9 Å². The third kappa shape index (κ3) is 4.77. The second-order valence-corrected chi connectivity index (χ2v) is 9.55. The normalized spacial score (nSPS) is 19.3.